The van der Waals surface area contributed by atoms with E-state index in [-0.39, 0.29) is 5.91 Å². The maximum absolute atomic E-state index is 10.9. The van der Waals surface area contributed by atoms with Crippen LogP contribution >= 0.6 is 0 Å². The van der Waals surface area contributed by atoms with E-state index in [2.05, 4.69) is 11.9 Å². The van der Waals surface area contributed by atoms with Gasteiger partial charge in [0, 0.05) is 19.5 Å². The fraction of sp³-hybridized carbons (Fsp3) is 0.625. The monoisotopic (exact) mass is 156 g/mol. The summed E-state index contributed by atoms with van der Waals surface area (Å²) >= 11 is 0. The van der Waals surface area contributed by atoms with E-state index in [4.69, 9.17) is 5.73 Å². The van der Waals surface area contributed by atoms with Crippen molar-refractivity contribution in [2.45, 2.75) is 19.8 Å². The topological polar surface area (TPSA) is 55.1 Å². The predicted molar refractivity (Wildman–Crippen MR) is 46.1 cm³/mol. The number of hydrogen-bond donors (Lipinski definition) is 2. The van der Waals surface area contributed by atoms with Crippen molar-refractivity contribution in [2.75, 3.05) is 13.1 Å². The minimum absolute atomic E-state index is 0.0714. The highest BCUT2D eigenvalue weighted by atomic mass is 16.1. The lowest BCUT2D eigenvalue weighted by Crippen LogP contribution is -2.26. The van der Waals surface area contributed by atoms with Gasteiger partial charge in [0.1, 0.15) is 0 Å². The zero-order valence-electron chi connectivity index (χ0n) is 7.02. The zero-order chi connectivity index (χ0) is 8.69. The lowest BCUT2D eigenvalue weighted by molar-refractivity contribution is -0.120. The van der Waals surface area contributed by atoms with Gasteiger partial charge in [0.15, 0.2) is 0 Å². The van der Waals surface area contributed by atoms with E-state index in [1.54, 1.807) is 0 Å². The van der Waals surface area contributed by atoms with Gasteiger partial charge in [0.25, 0.3) is 0 Å². The summed E-state index contributed by atoms with van der Waals surface area (Å²) in [7, 11) is 0. The van der Waals surface area contributed by atoms with Crippen LogP contribution in [0.5, 0.6) is 0 Å². The first-order valence-corrected chi connectivity index (χ1v) is 3.84. The van der Waals surface area contributed by atoms with Gasteiger partial charge in [0.05, 0.1) is 0 Å². The molecule has 0 aliphatic carbocycles. The van der Waals surface area contributed by atoms with Crippen molar-refractivity contribution >= 4 is 5.91 Å². The molecule has 0 fully saturated rings. The summed E-state index contributed by atoms with van der Waals surface area (Å²) in [5.41, 5.74) is 6.14. The second-order valence-electron chi connectivity index (χ2n) is 2.48. The molecule has 3 nitrogen and oxygen atoms in total. The van der Waals surface area contributed by atoms with Crippen LogP contribution in [-0.2, 0) is 4.79 Å². The average Bonchev–Trinajstić information content (AvgIpc) is 2.01. The van der Waals surface area contributed by atoms with E-state index in [0.717, 1.165) is 12.0 Å². The van der Waals surface area contributed by atoms with Gasteiger partial charge in [-0.1, -0.05) is 13.5 Å². The SMILES string of the molecule is C=C(CN)CNC(=O)CCC. The highest BCUT2D eigenvalue weighted by Gasteiger charge is 1.97. The third kappa shape index (κ3) is 5.61. The van der Waals surface area contributed by atoms with E-state index in [9.17, 15) is 4.79 Å². The van der Waals surface area contributed by atoms with Crippen molar-refractivity contribution in [2.24, 2.45) is 5.73 Å². The van der Waals surface area contributed by atoms with Crippen LogP contribution in [0.15, 0.2) is 12.2 Å². The lowest BCUT2D eigenvalue weighted by atomic mass is 10.3. The van der Waals surface area contributed by atoms with E-state index < -0.39 is 0 Å². The number of nitrogens with one attached hydrogen (secondary N) is 1. The fourth-order valence-corrected chi connectivity index (χ4v) is 0.611. The van der Waals surface area contributed by atoms with Gasteiger partial charge in [-0.15, -0.1) is 0 Å². The molecule has 0 saturated heterocycles. The molecule has 0 aliphatic rings. The smallest absolute Gasteiger partial charge is 0.220 e. The normalized spacial score (nSPS) is 9.27. The van der Waals surface area contributed by atoms with Crippen molar-refractivity contribution in [1.82, 2.24) is 5.32 Å². The van der Waals surface area contributed by atoms with Crippen molar-refractivity contribution in [3.8, 4) is 0 Å². The summed E-state index contributed by atoms with van der Waals surface area (Å²) in [4.78, 5) is 10.9. The molecule has 0 aliphatic heterocycles. The average molecular weight is 156 g/mol. The van der Waals surface area contributed by atoms with E-state index in [0.29, 0.717) is 19.5 Å². The minimum atomic E-state index is 0.0714. The Kier molecular flexibility index (Phi) is 5.47. The molecule has 0 aromatic heterocycles. The highest BCUT2D eigenvalue weighted by Crippen LogP contribution is 1.87. The fourth-order valence-electron chi connectivity index (χ4n) is 0.611. The quantitative estimate of drug-likeness (QED) is 0.567. The van der Waals surface area contributed by atoms with E-state index in [1.807, 2.05) is 6.92 Å². The van der Waals surface area contributed by atoms with Crippen LogP contribution < -0.4 is 11.1 Å². The lowest BCUT2D eigenvalue weighted by Gasteiger charge is -2.04. The van der Waals surface area contributed by atoms with E-state index in [1.165, 1.54) is 0 Å². The molecule has 0 radical (unpaired) electrons. The van der Waals surface area contributed by atoms with Gasteiger partial charge in [-0.2, -0.15) is 0 Å². The summed E-state index contributed by atoms with van der Waals surface area (Å²) in [6.07, 6.45) is 1.46. The van der Waals surface area contributed by atoms with Crippen LogP contribution in [0, 0.1) is 0 Å². The summed E-state index contributed by atoms with van der Waals surface area (Å²) < 4.78 is 0. The third-order valence-corrected chi connectivity index (χ3v) is 1.30. The Morgan fingerprint density at radius 1 is 1.64 bits per heavy atom. The Hall–Kier alpha value is -0.830. The van der Waals surface area contributed by atoms with Crippen molar-refractivity contribution in [3.05, 3.63) is 12.2 Å². The molecule has 0 bridgehead atoms. The second-order valence-corrected chi connectivity index (χ2v) is 2.48. The Morgan fingerprint density at radius 2 is 2.27 bits per heavy atom. The van der Waals surface area contributed by atoms with Gasteiger partial charge < -0.3 is 11.1 Å². The van der Waals surface area contributed by atoms with Crippen molar-refractivity contribution in [1.29, 1.82) is 0 Å². The second kappa shape index (κ2) is 5.92. The number of nitrogens with two attached hydrogens (primary N) is 1. The number of amides is 1. The minimum Gasteiger partial charge on any atom is -0.352 e. The maximum Gasteiger partial charge on any atom is 0.220 e. The molecule has 0 unspecified atom stereocenters. The molecule has 11 heavy (non-hydrogen) atoms. The molecule has 0 saturated carbocycles. The Bertz CT molecular complexity index is 143. The van der Waals surface area contributed by atoms with Crippen LogP contribution in [0.4, 0.5) is 0 Å². The third-order valence-electron chi connectivity index (χ3n) is 1.30. The van der Waals surface area contributed by atoms with Crippen LogP contribution in [0.25, 0.3) is 0 Å². The zero-order valence-corrected chi connectivity index (χ0v) is 7.02. The standard InChI is InChI=1S/C8H16N2O/c1-3-4-8(11)10-6-7(2)5-9/h2-6,9H2,1H3,(H,10,11). The van der Waals surface area contributed by atoms with Crippen LogP contribution in [0.2, 0.25) is 0 Å². The van der Waals surface area contributed by atoms with Crippen molar-refractivity contribution < 1.29 is 4.79 Å². The highest BCUT2D eigenvalue weighted by molar-refractivity contribution is 5.76. The van der Waals surface area contributed by atoms with Gasteiger partial charge >= 0.3 is 0 Å². The number of rotatable bonds is 5. The molecule has 0 atom stereocenters. The molecule has 64 valence electrons. The van der Waals surface area contributed by atoms with Gasteiger partial charge in [-0.3, -0.25) is 4.79 Å². The van der Waals surface area contributed by atoms with Crippen LogP contribution in [-0.4, -0.2) is 19.0 Å². The molecule has 3 N–H and O–H groups in total. The first-order valence-electron chi connectivity index (χ1n) is 3.84. The summed E-state index contributed by atoms with van der Waals surface area (Å²) in [6.45, 7) is 6.58. The van der Waals surface area contributed by atoms with Crippen LogP contribution in [0.1, 0.15) is 19.8 Å². The molecule has 0 heterocycles. The van der Waals surface area contributed by atoms with Crippen molar-refractivity contribution in [3.63, 3.8) is 0 Å². The van der Waals surface area contributed by atoms with Crippen LogP contribution in [0.3, 0.4) is 0 Å². The largest absolute Gasteiger partial charge is 0.352 e. The summed E-state index contributed by atoms with van der Waals surface area (Å²) in [5.74, 6) is 0.0714. The molecular formula is C8H16N2O. The molecule has 0 spiro atoms. The molecule has 1 amide bonds. The number of carbonyl (C=O) groups is 1. The molecule has 0 aromatic rings. The Labute approximate surface area is 67.7 Å². The summed E-state index contributed by atoms with van der Waals surface area (Å²) in [6, 6.07) is 0. The summed E-state index contributed by atoms with van der Waals surface area (Å²) in [5, 5.41) is 2.72. The molecule has 0 rings (SSSR count). The first kappa shape index (κ1) is 10.2. The van der Waals surface area contributed by atoms with Gasteiger partial charge in [-0.05, 0) is 12.0 Å². The van der Waals surface area contributed by atoms with Gasteiger partial charge in [0.2, 0.25) is 5.91 Å². The first-order chi connectivity index (χ1) is 5.20. The molecule has 0 aromatic carbocycles. The number of hydrogen-bond acceptors (Lipinski definition) is 2. The Morgan fingerprint density at radius 3 is 2.73 bits per heavy atom. The maximum atomic E-state index is 10.9. The molecular weight excluding hydrogens is 140 g/mol. The molecule has 3 heteroatoms. The predicted octanol–water partition coefficient (Wildman–Crippen LogP) is 0.418. The van der Waals surface area contributed by atoms with E-state index >= 15 is 0 Å². The number of carbonyl (C=O) groups excluding carboxylic acids is 1. The Balaban J connectivity index is 3.38. The van der Waals surface area contributed by atoms with Gasteiger partial charge in [-0.25, -0.2) is 0 Å².